The zero-order valence-corrected chi connectivity index (χ0v) is 7.60. The molecule has 14 heavy (non-hydrogen) atoms. The lowest BCUT2D eigenvalue weighted by Crippen LogP contribution is -2.44. The summed E-state index contributed by atoms with van der Waals surface area (Å²) in [5, 5.41) is 8.78. The standard InChI is InChI=1S/C9H11NO4/c1-5-6-4-10(9(12)13)3-2-7(6)14-8(5)11/h6-7H,1-4H2,(H,12,13). The number of hydrogen-bond acceptors (Lipinski definition) is 3. The molecule has 5 heteroatoms. The smallest absolute Gasteiger partial charge is 0.407 e. The van der Waals surface area contributed by atoms with Crippen LogP contribution >= 0.6 is 0 Å². The maximum atomic E-state index is 11.1. The van der Waals surface area contributed by atoms with Crippen LogP contribution in [-0.4, -0.2) is 41.3 Å². The molecule has 1 amide bonds. The average Bonchev–Trinajstić information content (AvgIpc) is 2.43. The molecule has 2 rings (SSSR count). The van der Waals surface area contributed by atoms with Crippen LogP contribution in [0.3, 0.4) is 0 Å². The van der Waals surface area contributed by atoms with Crippen molar-refractivity contribution in [3.63, 3.8) is 0 Å². The fourth-order valence-electron chi connectivity index (χ4n) is 1.94. The molecule has 0 aromatic carbocycles. The maximum Gasteiger partial charge on any atom is 0.407 e. The number of carboxylic acid groups (broad SMARTS) is 1. The van der Waals surface area contributed by atoms with Crippen molar-refractivity contribution in [1.82, 2.24) is 4.90 Å². The van der Waals surface area contributed by atoms with Gasteiger partial charge in [0.05, 0.1) is 0 Å². The van der Waals surface area contributed by atoms with Crippen molar-refractivity contribution < 1.29 is 19.4 Å². The normalized spacial score (nSPS) is 31.3. The van der Waals surface area contributed by atoms with Crippen LogP contribution in [0.2, 0.25) is 0 Å². The van der Waals surface area contributed by atoms with Crippen molar-refractivity contribution in [2.24, 2.45) is 5.92 Å². The first-order valence-corrected chi connectivity index (χ1v) is 4.47. The van der Waals surface area contributed by atoms with Crippen LogP contribution in [0.25, 0.3) is 0 Å². The van der Waals surface area contributed by atoms with Crippen molar-refractivity contribution in [1.29, 1.82) is 0 Å². The molecule has 5 nitrogen and oxygen atoms in total. The van der Waals surface area contributed by atoms with Gasteiger partial charge in [0, 0.05) is 31.0 Å². The van der Waals surface area contributed by atoms with E-state index in [-0.39, 0.29) is 18.0 Å². The first kappa shape index (κ1) is 9.05. The van der Waals surface area contributed by atoms with Crippen LogP contribution in [0.1, 0.15) is 6.42 Å². The zero-order valence-electron chi connectivity index (χ0n) is 7.60. The molecule has 0 spiro atoms. The van der Waals surface area contributed by atoms with E-state index in [0.29, 0.717) is 25.1 Å². The van der Waals surface area contributed by atoms with E-state index >= 15 is 0 Å². The molecule has 2 aliphatic heterocycles. The van der Waals surface area contributed by atoms with Crippen LogP contribution in [0, 0.1) is 5.92 Å². The van der Waals surface area contributed by atoms with E-state index in [1.54, 1.807) is 0 Å². The molecule has 2 fully saturated rings. The molecule has 2 atom stereocenters. The fraction of sp³-hybridized carbons (Fsp3) is 0.556. The van der Waals surface area contributed by atoms with Crippen molar-refractivity contribution in [3.05, 3.63) is 12.2 Å². The van der Waals surface area contributed by atoms with Crippen molar-refractivity contribution in [3.8, 4) is 0 Å². The number of likely N-dealkylation sites (tertiary alicyclic amines) is 1. The molecular weight excluding hydrogens is 186 g/mol. The van der Waals surface area contributed by atoms with Crippen LogP contribution in [0.15, 0.2) is 12.2 Å². The summed E-state index contributed by atoms with van der Waals surface area (Å²) in [6.07, 6.45) is -0.539. The van der Waals surface area contributed by atoms with E-state index in [1.165, 1.54) is 4.90 Å². The Bertz CT molecular complexity index is 312. The van der Waals surface area contributed by atoms with E-state index < -0.39 is 6.09 Å². The van der Waals surface area contributed by atoms with Crippen LogP contribution in [0.4, 0.5) is 4.79 Å². The van der Waals surface area contributed by atoms with Gasteiger partial charge in [0.15, 0.2) is 0 Å². The Morgan fingerprint density at radius 1 is 1.64 bits per heavy atom. The molecule has 0 aromatic rings. The topological polar surface area (TPSA) is 66.8 Å². The lowest BCUT2D eigenvalue weighted by atomic mass is 9.91. The monoisotopic (exact) mass is 197 g/mol. The summed E-state index contributed by atoms with van der Waals surface area (Å²) in [4.78, 5) is 23.1. The first-order valence-electron chi connectivity index (χ1n) is 4.47. The number of piperidine rings is 1. The minimum atomic E-state index is -0.949. The molecule has 2 aliphatic rings. The highest BCUT2D eigenvalue weighted by atomic mass is 16.6. The van der Waals surface area contributed by atoms with Gasteiger partial charge in [-0.05, 0) is 0 Å². The average molecular weight is 197 g/mol. The zero-order chi connectivity index (χ0) is 10.3. The largest absolute Gasteiger partial charge is 0.465 e. The number of hydrogen-bond donors (Lipinski definition) is 1. The van der Waals surface area contributed by atoms with Gasteiger partial charge in [0.25, 0.3) is 0 Å². The molecule has 0 radical (unpaired) electrons. The minimum Gasteiger partial charge on any atom is -0.465 e. The molecule has 76 valence electrons. The minimum absolute atomic E-state index is 0.146. The molecule has 0 saturated carbocycles. The second-order valence-electron chi connectivity index (χ2n) is 3.59. The number of esters is 1. The van der Waals surface area contributed by atoms with Crippen LogP contribution < -0.4 is 0 Å². The number of nitrogens with zero attached hydrogens (tertiary/aromatic N) is 1. The Morgan fingerprint density at radius 3 is 3.00 bits per heavy atom. The summed E-state index contributed by atoms with van der Waals surface area (Å²) >= 11 is 0. The summed E-state index contributed by atoms with van der Waals surface area (Å²) in [7, 11) is 0. The molecule has 2 saturated heterocycles. The summed E-state index contributed by atoms with van der Waals surface area (Å²) in [5.41, 5.74) is 0.404. The lowest BCUT2D eigenvalue weighted by Gasteiger charge is -2.31. The van der Waals surface area contributed by atoms with Crippen molar-refractivity contribution >= 4 is 12.1 Å². The second kappa shape index (κ2) is 3.01. The fourth-order valence-corrected chi connectivity index (χ4v) is 1.94. The summed E-state index contributed by atoms with van der Waals surface area (Å²) in [6, 6.07) is 0. The maximum absolute atomic E-state index is 11.1. The van der Waals surface area contributed by atoms with Crippen molar-refractivity contribution in [2.45, 2.75) is 12.5 Å². The van der Waals surface area contributed by atoms with Gasteiger partial charge in [-0.25, -0.2) is 9.59 Å². The van der Waals surface area contributed by atoms with Gasteiger partial charge in [0.1, 0.15) is 6.10 Å². The third-order valence-corrected chi connectivity index (χ3v) is 2.79. The lowest BCUT2D eigenvalue weighted by molar-refractivity contribution is -0.140. The van der Waals surface area contributed by atoms with E-state index in [4.69, 9.17) is 9.84 Å². The highest BCUT2D eigenvalue weighted by Crippen LogP contribution is 2.32. The predicted molar refractivity (Wildman–Crippen MR) is 46.7 cm³/mol. The molecule has 1 N–H and O–H groups in total. The number of carbonyl (C=O) groups is 2. The Morgan fingerprint density at radius 2 is 2.36 bits per heavy atom. The van der Waals surface area contributed by atoms with Gasteiger partial charge in [-0.2, -0.15) is 0 Å². The quantitative estimate of drug-likeness (QED) is 0.452. The molecule has 0 aliphatic carbocycles. The molecule has 2 unspecified atom stereocenters. The van der Waals surface area contributed by atoms with Gasteiger partial charge in [-0.1, -0.05) is 6.58 Å². The second-order valence-corrected chi connectivity index (χ2v) is 3.59. The number of ether oxygens (including phenoxy) is 1. The van der Waals surface area contributed by atoms with Gasteiger partial charge in [-0.3, -0.25) is 0 Å². The summed E-state index contributed by atoms with van der Waals surface area (Å²) in [6.45, 7) is 4.37. The third-order valence-electron chi connectivity index (χ3n) is 2.79. The van der Waals surface area contributed by atoms with Gasteiger partial charge in [0.2, 0.25) is 0 Å². The van der Waals surface area contributed by atoms with Gasteiger partial charge < -0.3 is 14.7 Å². The molecule has 0 bridgehead atoms. The highest BCUT2D eigenvalue weighted by molar-refractivity contribution is 5.91. The van der Waals surface area contributed by atoms with Gasteiger partial charge >= 0.3 is 12.1 Å². The van der Waals surface area contributed by atoms with Crippen molar-refractivity contribution in [2.75, 3.05) is 13.1 Å². The Kier molecular flexibility index (Phi) is 1.94. The summed E-state index contributed by atoms with van der Waals surface area (Å²) in [5.74, 6) is -0.528. The Labute approximate surface area is 80.9 Å². The number of rotatable bonds is 0. The number of fused-ring (bicyclic) bond motifs is 1. The number of carbonyl (C=O) groups excluding carboxylic acids is 1. The molecule has 0 aromatic heterocycles. The Balaban J connectivity index is 2.12. The SMILES string of the molecule is C=C1C(=O)OC2CCN(C(=O)O)CC12. The molecular formula is C9H11NO4. The van der Waals surface area contributed by atoms with Crippen LogP contribution in [-0.2, 0) is 9.53 Å². The Hall–Kier alpha value is -1.52. The van der Waals surface area contributed by atoms with E-state index in [9.17, 15) is 9.59 Å². The number of amides is 1. The molecule has 2 heterocycles. The van der Waals surface area contributed by atoms with E-state index in [0.717, 1.165) is 0 Å². The van der Waals surface area contributed by atoms with Crippen LogP contribution in [0.5, 0.6) is 0 Å². The van der Waals surface area contributed by atoms with Gasteiger partial charge in [-0.15, -0.1) is 0 Å². The van der Waals surface area contributed by atoms with E-state index in [2.05, 4.69) is 6.58 Å². The third kappa shape index (κ3) is 1.25. The highest BCUT2D eigenvalue weighted by Gasteiger charge is 2.43. The summed E-state index contributed by atoms with van der Waals surface area (Å²) < 4.78 is 5.05. The predicted octanol–water partition coefficient (Wildman–Crippen LogP) is 0.468. The van der Waals surface area contributed by atoms with E-state index in [1.807, 2.05) is 0 Å². The first-order chi connectivity index (χ1) is 6.59.